The fourth-order valence-corrected chi connectivity index (χ4v) is 8.65. The molecule has 3 N–H and O–H groups in total. The Balaban J connectivity index is 1.39. The van der Waals surface area contributed by atoms with Crippen LogP contribution in [0.2, 0.25) is 0 Å². The number of rotatable bonds is 12. The van der Waals surface area contributed by atoms with Gasteiger partial charge in [-0.2, -0.15) is 17.0 Å². The van der Waals surface area contributed by atoms with Crippen LogP contribution in [-0.4, -0.2) is 82.2 Å². The minimum Gasteiger partial charge on any atom is -0.492 e. The first-order chi connectivity index (χ1) is 23.3. The van der Waals surface area contributed by atoms with Gasteiger partial charge in [0.25, 0.3) is 10.2 Å². The average molecular weight is 707 g/mol. The number of thiazole rings is 1. The van der Waals surface area contributed by atoms with E-state index < -0.39 is 47.0 Å². The van der Waals surface area contributed by atoms with Crippen molar-refractivity contribution in [1.29, 1.82) is 0 Å². The quantitative estimate of drug-likeness (QED) is 0.173. The van der Waals surface area contributed by atoms with Gasteiger partial charge < -0.3 is 25.0 Å². The standard InChI is InChI=1S/C34H34N4O7S3/c39-31(36-34-35-16-18-47-34)21-38-29(23-45-27-13-5-2-6-14-27)33(41)32(40)28(22-44-26-11-3-1-4-12-26)37(48(38,42)43)20-24-9-7-10-25(19-24)30-15-8-17-46-30/h1-19,28-29,32-33,40-41H,20-23H2,(H,35,36,39)/t28-,29-,32+,33+/m0/s1. The van der Waals surface area contributed by atoms with Crippen molar-refractivity contribution in [2.45, 2.75) is 30.8 Å². The van der Waals surface area contributed by atoms with Crippen molar-refractivity contribution in [2.75, 3.05) is 25.1 Å². The maximum absolute atomic E-state index is 14.9. The number of ether oxygens (including phenoxy) is 2. The van der Waals surface area contributed by atoms with Crippen molar-refractivity contribution < 1.29 is 32.9 Å². The molecule has 3 heterocycles. The molecule has 1 aliphatic rings. The van der Waals surface area contributed by atoms with Crippen LogP contribution in [0.5, 0.6) is 11.5 Å². The first kappa shape index (κ1) is 33.7. The molecule has 0 saturated carbocycles. The molecule has 5 aromatic rings. The summed E-state index contributed by atoms with van der Waals surface area (Å²) in [5, 5.41) is 30.1. The van der Waals surface area contributed by atoms with Gasteiger partial charge in [0.05, 0.1) is 18.6 Å². The molecule has 1 amide bonds. The Morgan fingerprint density at radius 2 is 1.44 bits per heavy atom. The summed E-state index contributed by atoms with van der Waals surface area (Å²) >= 11 is 2.74. The molecule has 4 atom stereocenters. The molecule has 250 valence electrons. The smallest absolute Gasteiger partial charge is 0.283 e. The van der Waals surface area contributed by atoms with Crippen molar-refractivity contribution in [1.82, 2.24) is 13.6 Å². The molecule has 6 rings (SSSR count). The maximum atomic E-state index is 14.9. The van der Waals surface area contributed by atoms with E-state index in [0.717, 1.165) is 19.1 Å². The zero-order chi connectivity index (χ0) is 33.5. The summed E-state index contributed by atoms with van der Waals surface area (Å²) in [6.07, 6.45) is -1.77. The fraction of sp³-hybridized carbons (Fsp3) is 0.235. The molecule has 0 bridgehead atoms. The fourth-order valence-electron chi connectivity index (χ4n) is 5.46. The van der Waals surface area contributed by atoms with Gasteiger partial charge in [-0.1, -0.05) is 60.7 Å². The van der Waals surface area contributed by atoms with Crippen LogP contribution in [0.3, 0.4) is 0 Å². The zero-order valence-electron chi connectivity index (χ0n) is 25.6. The molecule has 0 radical (unpaired) electrons. The highest BCUT2D eigenvalue weighted by molar-refractivity contribution is 7.86. The zero-order valence-corrected chi connectivity index (χ0v) is 28.1. The lowest BCUT2D eigenvalue weighted by molar-refractivity contribution is -0.117. The molecule has 1 fully saturated rings. The van der Waals surface area contributed by atoms with E-state index >= 15 is 0 Å². The van der Waals surface area contributed by atoms with Crippen molar-refractivity contribution >= 4 is 43.9 Å². The Morgan fingerprint density at radius 1 is 0.792 bits per heavy atom. The maximum Gasteiger partial charge on any atom is 0.283 e. The van der Waals surface area contributed by atoms with Crippen molar-refractivity contribution in [3.63, 3.8) is 0 Å². The van der Waals surface area contributed by atoms with E-state index in [1.807, 2.05) is 41.8 Å². The van der Waals surface area contributed by atoms with Crippen LogP contribution in [0.25, 0.3) is 10.4 Å². The van der Waals surface area contributed by atoms with E-state index in [1.165, 1.54) is 17.5 Å². The summed E-state index contributed by atoms with van der Waals surface area (Å²) < 4.78 is 43.7. The summed E-state index contributed by atoms with van der Waals surface area (Å²) in [6, 6.07) is 26.3. The third-order valence-electron chi connectivity index (χ3n) is 7.85. The Bertz CT molecular complexity index is 1860. The Labute approximate surface area is 286 Å². The van der Waals surface area contributed by atoms with Crippen LogP contribution in [0.15, 0.2) is 114 Å². The summed E-state index contributed by atoms with van der Waals surface area (Å²) in [5.74, 6) is 0.224. The van der Waals surface area contributed by atoms with Crippen molar-refractivity contribution in [3.05, 3.63) is 120 Å². The predicted octanol–water partition coefficient (Wildman–Crippen LogP) is 4.49. The van der Waals surface area contributed by atoms with Gasteiger partial charge in [0.1, 0.15) is 36.9 Å². The number of para-hydroxylation sites is 2. The minimum absolute atomic E-state index is 0.176. The topological polar surface area (TPSA) is 142 Å². The summed E-state index contributed by atoms with van der Waals surface area (Å²) in [6.45, 7) is -1.48. The number of amides is 1. The number of anilines is 1. The van der Waals surface area contributed by atoms with Gasteiger partial charge in [-0.05, 0) is 52.9 Å². The second kappa shape index (κ2) is 15.4. The normalized spacial score (nSPS) is 21.3. The lowest BCUT2D eigenvalue weighted by atomic mass is 9.99. The molecule has 0 spiro atoms. The molecular weight excluding hydrogens is 673 g/mol. The molecule has 2 aromatic heterocycles. The van der Waals surface area contributed by atoms with Gasteiger partial charge in [0.15, 0.2) is 5.13 Å². The second-order valence-corrected chi connectivity index (χ2v) is 14.7. The number of aromatic nitrogens is 1. The van der Waals surface area contributed by atoms with Crippen molar-refractivity contribution in [3.8, 4) is 21.9 Å². The van der Waals surface area contributed by atoms with Crippen LogP contribution in [0.1, 0.15) is 5.56 Å². The van der Waals surface area contributed by atoms with Gasteiger partial charge in [0, 0.05) is 23.0 Å². The third kappa shape index (κ3) is 7.93. The lowest BCUT2D eigenvalue weighted by Gasteiger charge is -2.34. The average Bonchev–Trinajstić information content (AvgIpc) is 3.83. The lowest BCUT2D eigenvalue weighted by Crippen LogP contribution is -2.54. The molecule has 1 aliphatic heterocycles. The van der Waals surface area contributed by atoms with Crippen LogP contribution in [0.4, 0.5) is 5.13 Å². The van der Waals surface area contributed by atoms with Gasteiger partial charge in [0.2, 0.25) is 5.91 Å². The number of aliphatic hydroxyl groups is 2. The van der Waals surface area contributed by atoms with E-state index in [9.17, 15) is 23.4 Å². The number of aliphatic hydroxyl groups excluding tert-OH is 2. The molecule has 3 aromatic carbocycles. The first-order valence-electron chi connectivity index (χ1n) is 15.1. The number of hydrogen-bond acceptors (Lipinski definition) is 10. The van der Waals surface area contributed by atoms with E-state index in [4.69, 9.17) is 9.47 Å². The molecule has 0 aliphatic carbocycles. The van der Waals surface area contributed by atoms with E-state index in [1.54, 1.807) is 77.4 Å². The van der Waals surface area contributed by atoms with E-state index in [2.05, 4.69) is 10.3 Å². The number of thiophene rings is 1. The molecule has 0 unspecified atom stereocenters. The Kier molecular flexibility index (Phi) is 10.8. The summed E-state index contributed by atoms with van der Waals surface area (Å²) in [4.78, 5) is 18.4. The molecule has 48 heavy (non-hydrogen) atoms. The summed E-state index contributed by atoms with van der Waals surface area (Å²) in [5.41, 5.74) is 1.54. The highest BCUT2D eigenvalue weighted by Crippen LogP contribution is 2.32. The number of carbonyl (C=O) groups excluding carboxylic acids is 1. The van der Waals surface area contributed by atoms with Crippen LogP contribution >= 0.6 is 22.7 Å². The number of benzene rings is 3. The van der Waals surface area contributed by atoms with Crippen molar-refractivity contribution in [2.24, 2.45) is 0 Å². The molecule has 14 heteroatoms. The van der Waals surface area contributed by atoms with Crippen LogP contribution < -0.4 is 14.8 Å². The monoisotopic (exact) mass is 706 g/mol. The highest BCUT2D eigenvalue weighted by atomic mass is 32.2. The van der Waals surface area contributed by atoms with Crippen LogP contribution in [-0.2, 0) is 21.5 Å². The number of nitrogens with one attached hydrogen (secondary N) is 1. The molecular formula is C34H34N4O7S3. The van der Waals surface area contributed by atoms with Crippen LogP contribution in [0, 0.1) is 0 Å². The van der Waals surface area contributed by atoms with Gasteiger partial charge in [-0.25, -0.2) is 4.98 Å². The van der Waals surface area contributed by atoms with Gasteiger partial charge in [-0.15, -0.1) is 22.7 Å². The van der Waals surface area contributed by atoms with Gasteiger partial charge in [-0.3, -0.25) is 4.79 Å². The Morgan fingerprint density at radius 3 is 2.02 bits per heavy atom. The molecule has 1 saturated heterocycles. The van der Waals surface area contributed by atoms with Gasteiger partial charge >= 0.3 is 0 Å². The predicted molar refractivity (Wildman–Crippen MR) is 185 cm³/mol. The highest BCUT2D eigenvalue weighted by Gasteiger charge is 2.51. The summed E-state index contributed by atoms with van der Waals surface area (Å²) in [7, 11) is -4.60. The largest absolute Gasteiger partial charge is 0.492 e. The van der Waals surface area contributed by atoms with E-state index in [-0.39, 0.29) is 19.8 Å². The number of nitrogens with zero attached hydrogens (tertiary/aromatic N) is 3. The molecule has 11 nitrogen and oxygen atoms in total. The number of hydrogen-bond donors (Lipinski definition) is 3. The van der Waals surface area contributed by atoms with E-state index in [0.29, 0.717) is 22.2 Å². The number of carbonyl (C=O) groups is 1. The first-order valence-corrected chi connectivity index (χ1v) is 18.3. The third-order valence-corrected chi connectivity index (χ3v) is 11.4. The SMILES string of the molecule is O=C(CN1[C@@H](COc2ccccc2)[C@@H](O)[C@H](O)[C@H](COc2ccccc2)N(Cc2cccc(-c3cccs3)c2)S1(=O)=O)Nc1nccs1. The second-order valence-electron chi connectivity index (χ2n) is 11.0. The minimum atomic E-state index is -4.60. The Hall–Kier alpha value is -4.15.